The van der Waals surface area contributed by atoms with Crippen LogP contribution in [0.25, 0.3) is 0 Å². The van der Waals surface area contributed by atoms with Crippen LogP contribution in [-0.4, -0.2) is 43.5 Å². The predicted molar refractivity (Wildman–Crippen MR) is 85.2 cm³/mol. The standard InChI is InChI=1S/C12H20ClN3S2/c1-14-12(15-7-4-8-17-3)16(2)9-10-5-6-11(13)18-10/h5-6H,4,7-9H2,1-3H3,(H,14,15). The third kappa shape index (κ3) is 5.50. The Labute approximate surface area is 123 Å². The van der Waals surface area contributed by atoms with Gasteiger partial charge in [-0.3, -0.25) is 4.99 Å². The Morgan fingerprint density at radius 1 is 1.56 bits per heavy atom. The molecule has 0 radical (unpaired) electrons. The highest BCUT2D eigenvalue weighted by Crippen LogP contribution is 2.22. The van der Waals surface area contributed by atoms with E-state index >= 15 is 0 Å². The summed E-state index contributed by atoms with van der Waals surface area (Å²) in [5.41, 5.74) is 0. The topological polar surface area (TPSA) is 27.6 Å². The average Bonchev–Trinajstić information content (AvgIpc) is 2.75. The van der Waals surface area contributed by atoms with Crippen LogP contribution >= 0.6 is 34.7 Å². The molecule has 0 saturated heterocycles. The van der Waals surface area contributed by atoms with Crippen molar-refractivity contribution in [2.24, 2.45) is 4.99 Å². The maximum absolute atomic E-state index is 5.93. The zero-order valence-corrected chi connectivity index (χ0v) is 13.5. The van der Waals surface area contributed by atoms with Crippen molar-refractivity contribution in [1.82, 2.24) is 10.2 Å². The van der Waals surface area contributed by atoms with E-state index < -0.39 is 0 Å². The molecule has 0 atom stereocenters. The molecule has 0 amide bonds. The van der Waals surface area contributed by atoms with Crippen molar-refractivity contribution >= 4 is 40.7 Å². The first-order chi connectivity index (χ1) is 8.67. The van der Waals surface area contributed by atoms with Crippen LogP contribution in [0.2, 0.25) is 4.34 Å². The van der Waals surface area contributed by atoms with Crippen molar-refractivity contribution in [1.29, 1.82) is 0 Å². The molecule has 0 aliphatic heterocycles. The van der Waals surface area contributed by atoms with Gasteiger partial charge in [0.05, 0.1) is 10.9 Å². The van der Waals surface area contributed by atoms with Gasteiger partial charge in [0, 0.05) is 25.5 Å². The number of nitrogens with one attached hydrogen (secondary N) is 1. The fourth-order valence-corrected chi connectivity index (χ4v) is 3.12. The second kappa shape index (κ2) is 8.67. The lowest BCUT2D eigenvalue weighted by atomic mass is 10.4. The minimum absolute atomic E-state index is 0.833. The summed E-state index contributed by atoms with van der Waals surface area (Å²) in [4.78, 5) is 7.64. The highest BCUT2D eigenvalue weighted by atomic mass is 35.5. The van der Waals surface area contributed by atoms with Gasteiger partial charge in [-0.2, -0.15) is 11.8 Å². The van der Waals surface area contributed by atoms with E-state index in [0.29, 0.717) is 0 Å². The van der Waals surface area contributed by atoms with E-state index in [9.17, 15) is 0 Å². The maximum atomic E-state index is 5.93. The molecule has 102 valence electrons. The average molecular weight is 306 g/mol. The molecule has 0 unspecified atom stereocenters. The van der Waals surface area contributed by atoms with Gasteiger partial charge in [0.1, 0.15) is 0 Å². The van der Waals surface area contributed by atoms with Crippen LogP contribution in [0.3, 0.4) is 0 Å². The predicted octanol–water partition coefficient (Wildman–Crippen LogP) is 3.16. The number of thiophene rings is 1. The van der Waals surface area contributed by atoms with Gasteiger partial charge in [-0.05, 0) is 30.6 Å². The fraction of sp³-hybridized carbons (Fsp3) is 0.583. The van der Waals surface area contributed by atoms with Gasteiger partial charge in [-0.25, -0.2) is 0 Å². The summed E-state index contributed by atoms with van der Waals surface area (Å²) in [5.74, 6) is 2.11. The molecule has 1 aromatic heterocycles. The minimum atomic E-state index is 0.833. The Kier molecular flexibility index (Phi) is 7.54. The molecule has 1 aromatic rings. The highest BCUT2D eigenvalue weighted by Gasteiger charge is 2.07. The summed E-state index contributed by atoms with van der Waals surface area (Å²) in [6, 6.07) is 3.99. The van der Waals surface area contributed by atoms with Crippen LogP contribution in [0.15, 0.2) is 17.1 Å². The van der Waals surface area contributed by atoms with Gasteiger partial charge in [-0.1, -0.05) is 11.6 Å². The van der Waals surface area contributed by atoms with E-state index in [1.54, 1.807) is 11.3 Å². The zero-order chi connectivity index (χ0) is 13.4. The SMILES string of the molecule is CN=C(NCCCSC)N(C)Cc1ccc(Cl)s1. The van der Waals surface area contributed by atoms with Crippen molar-refractivity contribution in [3.8, 4) is 0 Å². The molecule has 0 spiro atoms. The number of nitrogens with zero attached hydrogens (tertiary/aromatic N) is 2. The van der Waals surface area contributed by atoms with Crippen LogP contribution in [-0.2, 0) is 6.54 Å². The lowest BCUT2D eigenvalue weighted by Crippen LogP contribution is -2.38. The van der Waals surface area contributed by atoms with E-state index in [1.165, 1.54) is 10.6 Å². The van der Waals surface area contributed by atoms with Crippen molar-refractivity contribution in [3.63, 3.8) is 0 Å². The Morgan fingerprint density at radius 2 is 2.33 bits per heavy atom. The monoisotopic (exact) mass is 305 g/mol. The fourth-order valence-electron chi connectivity index (χ4n) is 1.55. The van der Waals surface area contributed by atoms with Crippen LogP contribution in [0, 0.1) is 0 Å². The molecule has 1 rings (SSSR count). The van der Waals surface area contributed by atoms with Crippen LogP contribution < -0.4 is 5.32 Å². The molecule has 0 saturated carbocycles. The number of hydrogen-bond donors (Lipinski definition) is 1. The van der Waals surface area contributed by atoms with Crippen molar-refractivity contribution in [3.05, 3.63) is 21.3 Å². The van der Waals surface area contributed by atoms with E-state index in [2.05, 4.69) is 27.5 Å². The normalized spacial score (nSPS) is 11.7. The largest absolute Gasteiger partial charge is 0.356 e. The van der Waals surface area contributed by atoms with Gasteiger partial charge in [0.25, 0.3) is 0 Å². The van der Waals surface area contributed by atoms with E-state index in [1.807, 2.05) is 31.9 Å². The summed E-state index contributed by atoms with van der Waals surface area (Å²) < 4.78 is 0.835. The van der Waals surface area contributed by atoms with Crippen molar-refractivity contribution in [2.45, 2.75) is 13.0 Å². The van der Waals surface area contributed by atoms with Crippen molar-refractivity contribution < 1.29 is 0 Å². The molecule has 1 heterocycles. The van der Waals surface area contributed by atoms with E-state index in [4.69, 9.17) is 11.6 Å². The Bertz CT molecular complexity index is 379. The molecule has 6 heteroatoms. The van der Waals surface area contributed by atoms with Gasteiger partial charge < -0.3 is 10.2 Å². The molecule has 0 aromatic carbocycles. The molecular formula is C12H20ClN3S2. The molecule has 0 fully saturated rings. The Morgan fingerprint density at radius 3 is 2.89 bits per heavy atom. The number of guanidine groups is 1. The first-order valence-electron chi connectivity index (χ1n) is 5.82. The first-order valence-corrected chi connectivity index (χ1v) is 8.41. The molecule has 0 aliphatic carbocycles. The second-order valence-electron chi connectivity index (χ2n) is 3.88. The van der Waals surface area contributed by atoms with Gasteiger partial charge in [-0.15, -0.1) is 11.3 Å². The zero-order valence-electron chi connectivity index (χ0n) is 11.1. The summed E-state index contributed by atoms with van der Waals surface area (Å²) in [6.07, 6.45) is 3.28. The minimum Gasteiger partial charge on any atom is -0.356 e. The first kappa shape index (κ1) is 15.7. The summed E-state index contributed by atoms with van der Waals surface area (Å²) in [7, 11) is 3.85. The quantitative estimate of drug-likeness (QED) is 0.497. The summed E-state index contributed by atoms with van der Waals surface area (Å²) in [5, 5.41) is 3.37. The second-order valence-corrected chi connectivity index (χ2v) is 6.67. The van der Waals surface area contributed by atoms with Crippen molar-refractivity contribution in [2.75, 3.05) is 32.6 Å². The van der Waals surface area contributed by atoms with Gasteiger partial charge >= 0.3 is 0 Å². The van der Waals surface area contributed by atoms with Gasteiger partial charge in [0.2, 0.25) is 0 Å². The summed E-state index contributed by atoms with van der Waals surface area (Å²) >= 11 is 9.41. The molecule has 18 heavy (non-hydrogen) atoms. The molecular weight excluding hydrogens is 286 g/mol. The molecule has 1 N–H and O–H groups in total. The maximum Gasteiger partial charge on any atom is 0.193 e. The lowest BCUT2D eigenvalue weighted by molar-refractivity contribution is 0.481. The molecule has 3 nitrogen and oxygen atoms in total. The molecule has 0 bridgehead atoms. The Hall–Kier alpha value is -0.390. The summed E-state index contributed by atoms with van der Waals surface area (Å²) in [6.45, 7) is 1.79. The third-order valence-electron chi connectivity index (χ3n) is 2.40. The molecule has 0 aliphatic rings. The van der Waals surface area contributed by atoms with E-state index in [0.717, 1.165) is 29.8 Å². The lowest BCUT2D eigenvalue weighted by Gasteiger charge is -2.21. The highest BCUT2D eigenvalue weighted by molar-refractivity contribution is 7.98. The number of thioether (sulfide) groups is 1. The van der Waals surface area contributed by atoms with E-state index in [-0.39, 0.29) is 0 Å². The third-order valence-corrected chi connectivity index (χ3v) is 4.32. The number of hydrogen-bond acceptors (Lipinski definition) is 3. The van der Waals surface area contributed by atoms with Crippen LogP contribution in [0.4, 0.5) is 0 Å². The number of halogens is 1. The Balaban J connectivity index is 2.40. The van der Waals surface area contributed by atoms with Crippen LogP contribution in [0.5, 0.6) is 0 Å². The van der Waals surface area contributed by atoms with Crippen LogP contribution in [0.1, 0.15) is 11.3 Å². The number of aliphatic imine (C=N–C) groups is 1. The smallest absolute Gasteiger partial charge is 0.193 e. The van der Waals surface area contributed by atoms with Gasteiger partial charge in [0.15, 0.2) is 5.96 Å². The number of rotatable bonds is 6.